The van der Waals surface area contributed by atoms with Gasteiger partial charge in [-0.2, -0.15) is 4.98 Å². The first-order valence-electron chi connectivity index (χ1n) is 8.29. The summed E-state index contributed by atoms with van der Waals surface area (Å²) in [6, 6.07) is 11.6. The average Bonchev–Trinajstić information content (AvgIpc) is 3.29. The van der Waals surface area contributed by atoms with Crippen LogP contribution in [0.5, 0.6) is 5.75 Å². The number of carbonyl (C=O) groups is 1. The second-order valence-electron chi connectivity index (χ2n) is 6.16. The van der Waals surface area contributed by atoms with Gasteiger partial charge in [0.2, 0.25) is 17.6 Å². The standard InChI is InChI=1S/C19H15ClFN3O3/c1-26-16-7-6-11(8-14(16)21)18-22-19(27-23-18)12-9-17(25)24(10-12)15-5-3-2-4-13(15)20/h2-8,12H,9-10H2,1H3. The summed E-state index contributed by atoms with van der Waals surface area (Å²) >= 11 is 6.20. The summed E-state index contributed by atoms with van der Waals surface area (Å²) in [6.45, 7) is 0.390. The number of benzene rings is 2. The van der Waals surface area contributed by atoms with Crippen molar-refractivity contribution < 1.29 is 18.4 Å². The fraction of sp³-hybridized carbons (Fsp3) is 0.211. The summed E-state index contributed by atoms with van der Waals surface area (Å²) < 4.78 is 24.1. The van der Waals surface area contributed by atoms with Crippen LogP contribution in [0.3, 0.4) is 0 Å². The van der Waals surface area contributed by atoms with E-state index in [1.54, 1.807) is 23.1 Å². The molecule has 27 heavy (non-hydrogen) atoms. The molecule has 0 radical (unpaired) electrons. The summed E-state index contributed by atoms with van der Waals surface area (Å²) in [5, 5.41) is 4.42. The highest BCUT2D eigenvalue weighted by atomic mass is 35.5. The number of hydrogen-bond acceptors (Lipinski definition) is 5. The van der Waals surface area contributed by atoms with Crippen molar-refractivity contribution in [2.75, 3.05) is 18.6 Å². The zero-order valence-electron chi connectivity index (χ0n) is 14.4. The molecule has 138 valence electrons. The van der Waals surface area contributed by atoms with E-state index >= 15 is 0 Å². The molecule has 2 heterocycles. The van der Waals surface area contributed by atoms with Gasteiger partial charge in [-0.1, -0.05) is 28.9 Å². The third-order valence-electron chi connectivity index (χ3n) is 4.47. The first kappa shape index (κ1) is 17.5. The van der Waals surface area contributed by atoms with Crippen molar-refractivity contribution in [3.63, 3.8) is 0 Å². The van der Waals surface area contributed by atoms with Gasteiger partial charge in [0.25, 0.3) is 0 Å². The van der Waals surface area contributed by atoms with E-state index in [1.807, 2.05) is 12.1 Å². The molecule has 8 heteroatoms. The first-order chi connectivity index (χ1) is 13.1. The van der Waals surface area contributed by atoms with Crippen LogP contribution in [-0.4, -0.2) is 29.7 Å². The predicted octanol–water partition coefficient (Wildman–Crippen LogP) is 4.06. The molecule has 1 saturated heterocycles. The maximum atomic E-state index is 13.9. The molecule has 4 rings (SSSR count). The maximum Gasteiger partial charge on any atom is 0.232 e. The Morgan fingerprint density at radius 3 is 2.85 bits per heavy atom. The number of halogens is 2. The minimum absolute atomic E-state index is 0.0664. The molecule has 0 saturated carbocycles. The molecule has 1 fully saturated rings. The Bertz CT molecular complexity index is 1010. The molecular formula is C19H15ClFN3O3. The van der Waals surface area contributed by atoms with Gasteiger partial charge in [-0.3, -0.25) is 4.79 Å². The van der Waals surface area contributed by atoms with E-state index < -0.39 is 5.82 Å². The molecule has 0 spiro atoms. The number of nitrogens with zero attached hydrogens (tertiary/aromatic N) is 3. The third kappa shape index (κ3) is 3.26. The molecule has 1 amide bonds. The Kier molecular flexibility index (Phi) is 4.53. The van der Waals surface area contributed by atoms with Crippen LogP contribution >= 0.6 is 11.6 Å². The van der Waals surface area contributed by atoms with E-state index in [-0.39, 0.29) is 29.8 Å². The SMILES string of the molecule is COc1ccc(-c2noc(C3CC(=O)N(c4ccccc4Cl)C3)n2)cc1F. The van der Waals surface area contributed by atoms with Gasteiger partial charge < -0.3 is 14.2 Å². The molecule has 1 aliphatic heterocycles. The van der Waals surface area contributed by atoms with Gasteiger partial charge in [0.1, 0.15) is 0 Å². The van der Waals surface area contributed by atoms with Crippen LogP contribution in [0.25, 0.3) is 11.4 Å². The van der Waals surface area contributed by atoms with Crippen molar-refractivity contribution in [2.24, 2.45) is 0 Å². The Labute approximate surface area is 159 Å². The van der Waals surface area contributed by atoms with Gasteiger partial charge in [-0.25, -0.2) is 4.39 Å². The fourth-order valence-corrected chi connectivity index (χ4v) is 3.34. The van der Waals surface area contributed by atoms with Crippen LogP contribution in [0.1, 0.15) is 18.2 Å². The van der Waals surface area contributed by atoms with Crippen LogP contribution in [0.4, 0.5) is 10.1 Å². The summed E-state index contributed by atoms with van der Waals surface area (Å²) in [7, 11) is 1.40. The van der Waals surface area contributed by atoms with Crippen molar-refractivity contribution in [1.82, 2.24) is 10.1 Å². The molecule has 0 aliphatic carbocycles. The summed E-state index contributed by atoms with van der Waals surface area (Å²) in [5.74, 6) is -0.0951. The number of carbonyl (C=O) groups excluding carboxylic acids is 1. The molecule has 3 aromatic rings. The lowest BCUT2D eigenvalue weighted by atomic mass is 10.1. The summed E-state index contributed by atoms with van der Waals surface area (Å²) in [6.07, 6.45) is 0.240. The minimum atomic E-state index is -0.512. The number of rotatable bonds is 4. The highest BCUT2D eigenvalue weighted by molar-refractivity contribution is 6.33. The molecule has 0 N–H and O–H groups in total. The molecule has 1 aliphatic rings. The van der Waals surface area contributed by atoms with E-state index in [0.717, 1.165) is 0 Å². The molecular weight excluding hydrogens is 373 g/mol. The lowest BCUT2D eigenvalue weighted by Crippen LogP contribution is -2.24. The molecule has 1 unspecified atom stereocenters. The smallest absolute Gasteiger partial charge is 0.232 e. The van der Waals surface area contributed by atoms with E-state index in [4.69, 9.17) is 20.9 Å². The lowest BCUT2D eigenvalue weighted by Gasteiger charge is -2.17. The van der Waals surface area contributed by atoms with E-state index in [1.165, 1.54) is 19.2 Å². The van der Waals surface area contributed by atoms with Gasteiger partial charge in [0.05, 0.1) is 23.7 Å². The summed E-state index contributed by atoms with van der Waals surface area (Å²) in [4.78, 5) is 18.4. The predicted molar refractivity (Wildman–Crippen MR) is 97.4 cm³/mol. The minimum Gasteiger partial charge on any atom is -0.494 e. The topological polar surface area (TPSA) is 68.5 Å². The number of anilines is 1. The van der Waals surface area contributed by atoms with Crippen LogP contribution in [0, 0.1) is 5.82 Å². The second-order valence-corrected chi connectivity index (χ2v) is 6.57. The first-order valence-corrected chi connectivity index (χ1v) is 8.67. The van der Waals surface area contributed by atoms with E-state index in [2.05, 4.69) is 10.1 Å². The number of methoxy groups -OCH3 is 1. The maximum absolute atomic E-state index is 13.9. The van der Waals surface area contributed by atoms with Gasteiger partial charge >= 0.3 is 0 Å². The van der Waals surface area contributed by atoms with E-state index in [9.17, 15) is 9.18 Å². The molecule has 0 bridgehead atoms. The van der Waals surface area contributed by atoms with Crippen LogP contribution in [0.15, 0.2) is 47.0 Å². The van der Waals surface area contributed by atoms with Crippen molar-refractivity contribution in [3.8, 4) is 17.1 Å². The summed E-state index contributed by atoms with van der Waals surface area (Å²) in [5.41, 5.74) is 1.12. The zero-order chi connectivity index (χ0) is 19.0. The molecule has 6 nitrogen and oxygen atoms in total. The van der Waals surface area contributed by atoms with Crippen molar-refractivity contribution in [1.29, 1.82) is 0 Å². The number of para-hydroxylation sites is 1. The van der Waals surface area contributed by atoms with Crippen molar-refractivity contribution in [3.05, 3.63) is 59.2 Å². The monoisotopic (exact) mass is 387 g/mol. The quantitative estimate of drug-likeness (QED) is 0.675. The fourth-order valence-electron chi connectivity index (χ4n) is 3.10. The number of ether oxygens (including phenoxy) is 1. The number of aromatic nitrogens is 2. The van der Waals surface area contributed by atoms with Crippen molar-refractivity contribution in [2.45, 2.75) is 12.3 Å². The van der Waals surface area contributed by atoms with Gasteiger partial charge in [-0.05, 0) is 30.3 Å². The Balaban J connectivity index is 1.57. The highest BCUT2D eigenvalue weighted by Gasteiger charge is 2.36. The average molecular weight is 388 g/mol. The van der Waals surface area contributed by atoms with Gasteiger partial charge in [-0.15, -0.1) is 0 Å². The van der Waals surface area contributed by atoms with Gasteiger partial charge in [0, 0.05) is 18.5 Å². The lowest BCUT2D eigenvalue weighted by molar-refractivity contribution is -0.117. The molecule has 1 aromatic heterocycles. The Morgan fingerprint density at radius 1 is 1.30 bits per heavy atom. The highest BCUT2D eigenvalue weighted by Crippen LogP contribution is 2.35. The largest absolute Gasteiger partial charge is 0.494 e. The second kappa shape index (κ2) is 7.00. The Hall–Kier alpha value is -2.93. The van der Waals surface area contributed by atoms with Crippen LogP contribution in [-0.2, 0) is 4.79 Å². The normalized spacial score (nSPS) is 16.8. The van der Waals surface area contributed by atoms with Gasteiger partial charge in [0.15, 0.2) is 11.6 Å². The number of amides is 1. The van der Waals surface area contributed by atoms with E-state index in [0.29, 0.717) is 28.7 Å². The number of hydrogen-bond donors (Lipinski definition) is 0. The Morgan fingerprint density at radius 2 is 2.11 bits per heavy atom. The van der Waals surface area contributed by atoms with Crippen molar-refractivity contribution >= 4 is 23.2 Å². The molecule has 2 aromatic carbocycles. The third-order valence-corrected chi connectivity index (χ3v) is 4.79. The molecule has 1 atom stereocenters. The zero-order valence-corrected chi connectivity index (χ0v) is 15.1. The van der Waals surface area contributed by atoms with Crippen LogP contribution in [0.2, 0.25) is 5.02 Å². The van der Waals surface area contributed by atoms with Crippen LogP contribution < -0.4 is 9.64 Å².